The molecule has 4 fully saturated rings. The van der Waals surface area contributed by atoms with Crippen LogP contribution in [0.5, 0.6) is 0 Å². The Morgan fingerprint density at radius 2 is 1.88 bits per heavy atom. The molecule has 8 atom stereocenters. The first-order valence-electron chi connectivity index (χ1n) is 12.5. The number of aromatic nitrogens is 2. The maximum atomic E-state index is 13.3. The van der Waals surface area contributed by atoms with Gasteiger partial charge in [0.1, 0.15) is 18.9 Å². The summed E-state index contributed by atoms with van der Waals surface area (Å²) in [6, 6.07) is 0. The van der Waals surface area contributed by atoms with Gasteiger partial charge >= 0.3 is 5.69 Å². The summed E-state index contributed by atoms with van der Waals surface area (Å²) in [5, 5.41) is 25.7. The molecule has 0 unspecified atom stereocenters. The number of fused-ring (bicyclic) bond motifs is 5. The lowest BCUT2D eigenvalue weighted by Gasteiger charge is -2.61. The Morgan fingerprint density at radius 3 is 2.59 bits per heavy atom. The van der Waals surface area contributed by atoms with Crippen LogP contribution in [-0.2, 0) is 11.3 Å². The molecule has 4 aliphatic rings. The molecule has 5 rings (SSSR count). The number of aliphatic hydroxyl groups is 1. The lowest BCUT2D eigenvalue weighted by Crippen LogP contribution is -2.55. The van der Waals surface area contributed by atoms with Gasteiger partial charge in [-0.25, -0.2) is 0 Å². The molecule has 0 aromatic carbocycles. The van der Waals surface area contributed by atoms with Crippen LogP contribution in [0.4, 0.5) is 5.69 Å². The van der Waals surface area contributed by atoms with E-state index in [1.807, 2.05) is 6.92 Å². The number of carbonyl (C=O) groups is 1. The Bertz CT molecular complexity index is 926. The fraction of sp³-hybridized carbons (Fsp3) is 0.840. The zero-order valence-corrected chi connectivity index (χ0v) is 19.6. The largest absolute Gasteiger partial charge is 0.390 e. The van der Waals surface area contributed by atoms with E-state index in [4.69, 9.17) is 0 Å². The van der Waals surface area contributed by atoms with E-state index in [0.717, 1.165) is 38.5 Å². The summed E-state index contributed by atoms with van der Waals surface area (Å²) >= 11 is 0. The van der Waals surface area contributed by atoms with Gasteiger partial charge in [0.25, 0.3) is 0 Å². The maximum absolute atomic E-state index is 13.3. The first kappa shape index (κ1) is 22.1. The molecule has 176 valence electrons. The minimum Gasteiger partial charge on any atom is -0.390 e. The molecule has 1 heterocycles. The molecule has 1 N–H and O–H groups in total. The van der Waals surface area contributed by atoms with Crippen molar-refractivity contribution >= 4 is 11.5 Å². The van der Waals surface area contributed by atoms with E-state index >= 15 is 0 Å². The van der Waals surface area contributed by atoms with Gasteiger partial charge in [0.15, 0.2) is 5.78 Å². The lowest BCUT2D eigenvalue weighted by atomic mass is 9.44. The van der Waals surface area contributed by atoms with Gasteiger partial charge in [-0.3, -0.25) is 19.6 Å². The lowest BCUT2D eigenvalue weighted by molar-refractivity contribution is -0.385. The van der Waals surface area contributed by atoms with E-state index in [1.165, 1.54) is 36.3 Å². The van der Waals surface area contributed by atoms with Crippen LogP contribution < -0.4 is 0 Å². The maximum Gasteiger partial charge on any atom is 0.307 e. The van der Waals surface area contributed by atoms with Crippen LogP contribution in [0, 0.1) is 50.5 Å². The van der Waals surface area contributed by atoms with Crippen molar-refractivity contribution in [2.24, 2.45) is 40.4 Å². The molecule has 0 spiro atoms. The zero-order chi connectivity index (χ0) is 22.9. The van der Waals surface area contributed by atoms with Crippen molar-refractivity contribution in [3.8, 4) is 0 Å². The fourth-order valence-electron chi connectivity index (χ4n) is 8.76. The number of Topliss-reactive ketones (excluding diaryl/α,β-unsaturated/α-hetero) is 1. The molecule has 1 aromatic rings. The monoisotopic (exact) mass is 443 g/mol. The summed E-state index contributed by atoms with van der Waals surface area (Å²) in [6.07, 6.45) is 12.3. The van der Waals surface area contributed by atoms with Gasteiger partial charge in [-0.05, 0) is 99.2 Å². The molecule has 7 heteroatoms. The van der Waals surface area contributed by atoms with Crippen molar-refractivity contribution in [2.75, 3.05) is 0 Å². The second kappa shape index (κ2) is 7.37. The minimum absolute atomic E-state index is 0.0225. The number of carbonyl (C=O) groups excluding carboxylic acids is 1. The highest BCUT2D eigenvalue weighted by Crippen LogP contribution is 2.68. The van der Waals surface area contributed by atoms with Gasteiger partial charge in [0, 0.05) is 5.92 Å². The van der Waals surface area contributed by atoms with E-state index in [-0.39, 0.29) is 29.3 Å². The van der Waals surface area contributed by atoms with Crippen molar-refractivity contribution in [1.82, 2.24) is 9.78 Å². The molecule has 4 aliphatic carbocycles. The highest BCUT2D eigenvalue weighted by molar-refractivity contribution is 5.82. The summed E-state index contributed by atoms with van der Waals surface area (Å²) in [5.41, 5.74) is -0.221. The molecule has 4 saturated carbocycles. The summed E-state index contributed by atoms with van der Waals surface area (Å²) in [4.78, 5) is 23.8. The second-order valence-electron chi connectivity index (χ2n) is 12.2. The standard InChI is InChI=1S/C25H37N3O4/c1-23(30)10-11-24(2)16(12-23)4-5-18-19-6-7-21(25(19,3)9-8-20(18)24)22(29)15-27-14-17(13-26-27)28(31)32/h13-14,16,18-21,30H,4-12,15H2,1-3H3/t16-,18-,19-,20-,21+,23+,24-,25-/m0/s1. The van der Waals surface area contributed by atoms with E-state index in [2.05, 4.69) is 18.9 Å². The third-order valence-electron chi connectivity index (χ3n) is 10.5. The van der Waals surface area contributed by atoms with Crippen LogP contribution >= 0.6 is 0 Å². The summed E-state index contributed by atoms with van der Waals surface area (Å²) in [6.45, 7) is 6.98. The minimum atomic E-state index is -0.507. The van der Waals surface area contributed by atoms with Gasteiger partial charge in [-0.1, -0.05) is 13.8 Å². The van der Waals surface area contributed by atoms with Crippen molar-refractivity contribution in [3.63, 3.8) is 0 Å². The second-order valence-corrected chi connectivity index (χ2v) is 12.2. The average Bonchev–Trinajstić information content (AvgIpc) is 3.32. The molecule has 7 nitrogen and oxygen atoms in total. The van der Waals surface area contributed by atoms with E-state index in [1.54, 1.807) is 0 Å². The normalized spacial score (nSPS) is 45.6. The molecule has 0 bridgehead atoms. The number of nitro groups is 1. The first-order valence-corrected chi connectivity index (χ1v) is 12.5. The smallest absolute Gasteiger partial charge is 0.307 e. The van der Waals surface area contributed by atoms with E-state index in [0.29, 0.717) is 29.1 Å². The Morgan fingerprint density at radius 1 is 1.12 bits per heavy atom. The summed E-state index contributed by atoms with van der Waals surface area (Å²) in [7, 11) is 0. The summed E-state index contributed by atoms with van der Waals surface area (Å²) in [5.74, 6) is 2.79. The van der Waals surface area contributed by atoms with Crippen LogP contribution in [0.25, 0.3) is 0 Å². The summed E-state index contributed by atoms with van der Waals surface area (Å²) < 4.78 is 1.43. The topological polar surface area (TPSA) is 98.3 Å². The van der Waals surface area contributed by atoms with Gasteiger partial charge < -0.3 is 5.11 Å². The molecule has 32 heavy (non-hydrogen) atoms. The third kappa shape index (κ3) is 3.34. The molecule has 0 radical (unpaired) electrons. The van der Waals surface area contributed by atoms with Gasteiger partial charge in [0.05, 0.1) is 10.5 Å². The van der Waals surface area contributed by atoms with E-state index < -0.39 is 10.5 Å². The van der Waals surface area contributed by atoms with Gasteiger partial charge in [-0.15, -0.1) is 0 Å². The van der Waals surface area contributed by atoms with Crippen LogP contribution in [0.3, 0.4) is 0 Å². The SMILES string of the molecule is C[C@@]1(O)CC[C@@]2(C)[C@@H](CC[C@@H]3[C@@H]2CC[C@]2(C)[C@@H](C(=O)Cn4cc([N+](=O)[O-])cn4)CC[C@@H]32)C1. The molecule has 0 saturated heterocycles. The first-order chi connectivity index (χ1) is 15.0. The highest BCUT2D eigenvalue weighted by atomic mass is 16.6. The van der Waals surface area contributed by atoms with Gasteiger partial charge in [0.2, 0.25) is 0 Å². The van der Waals surface area contributed by atoms with Crippen LogP contribution in [-0.4, -0.2) is 31.2 Å². The molecule has 0 amide bonds. The number of nitrogens with zero attached hydrogens (tertiary/aromatic N) is 3. The predicted octanol–water partition coefficient (Wildman–Crippen LogP) is 4.77. The Balaban J connectivity index is 1.32. The average molecular weight is 444 g/mol. The zero-order valence-electron chi connectivity index (χ0n) is 19.6. The fourth-order valence-corrected chi connectivity index (χ4v) is 8.76. The van der Waals surface area contributed by atoms with E-state index in [9.17, 15) is 20.0 Å². The number of ketones is 1. The van der Waals surface area contributed by atoms with Crippen molar-refractivity contribution < 1.29 is 14.8 Å². The van der Waals surface area contributed by atoms with Crippen LogP contribution in [0.2, 0.25) is 0 Å². The molecule has 0 aliphatic heterocycles. The Kier molecular flexibility index (Phi) is 5.08. The van der Waals surface area contributed by atoms with Crippen LogP contribution in [0.1, 0.15) is 78.6 Å². The van der Waals surface area contributed by atoms with Crippen molar-refractivity contribution in [2.45, 2.75) is 90.7 Å². The predicted molar refractivity (Wildman–Crippen MR) is 120 cm³/mol. The Labute approximate surface area is 190 Å². The van der Waals surface area contributed by atoms with Crippen LogP contribution in [0.15, 0.2) is 12.4 Å². The van der Waals surface area contributed by atoms with Crippen molar-refractivity contribution in [1.29, 1.82) is 0 Å². The Hall–Kier alpha value is -1.76. The molecule has 1 aromatic heterocycles. The third-order valence-corrected chi connectivity index (χ3v) is 10.5. The number of hydrogen-bond acceptors (Lipinski definition) is 5. The molecular formula is C25H37N3O4. The van der Waals surface area contributed by atoms with Crippen molar-refractivity contribution in [3.05, 3.63) is 22.5 Å². The quantitative estimate of drug-likeness (QED) is 0.534. The number of rotatable bonds is 4. The van der Waals surface area contributed by atoms with Gasteiger partial charge in [-0.2, -0.15) is 5.10 Å². The number of hydrogen-bond donors (Lipinski definition) is 1. The highest BCUT2D eigenvalue weighted by Gasteiger charge is 2.61. The molecular weight excluding hydrogens is 406 g/mol.